The summed E-state index contributed by atoms with van der Waals surface area (Å²) in [7, 11) is -3.37. The van der Waals surface area contributed by atoms with Gasteiger partial charge in [0.1, 0.15) is 12.4 Å². The molecule has 0 saturated heterocycles. The predicted molar refractivity (Wildman–Crippen MR) is 120 cm³/mol. The molecule has 1 aromatic heterocycles. The molecule has 1 amide bonds. The van der Waals surface area contributed by atoms with Gasteiger partial charge in [0.2, 0.25) is 5.91 Å². The second-order valence-corrected chi connectivity index (χ2v) is 10.2. The van der Waals surface area contributed by atoms with Gasteiger partial charge in [0.15, 0.2) is 14.6 Å². The van der Waals surface area contributed by atoms with Crippen LogP contribution in [0.3, 0.4) is 0 Å². The summed E-state index contributed by atoms with van der Waals surface area (Å²) >= 11 is 1.08. The second-order valence-electron chi connectivity index (χ2n) is 7.05. The van der Waals surface area contributed by atoms with Gasteiger partial charge >= 0.3 is 5.97 Å². The lowest BCUT2D eigenvalue weighted by molar-refractivity contribution is -0.143. The minimum atomic E-state index is -3.37. The Bertz CT molecular complexity index is 1280. The lowest BCUT2D eigenvalue weighted by Gasteiger charge is -2.06. The van der Waals surface area contributed by atoms with Gasteiger partial charge in [-0.1, -0.05) is 47.7 Å². The molecule has 2 aromatic carbocycles. The molecule has 0 bridgehead atoms. The molecule has 32 heavy (non-hydrogen) atoms. The van der Waals surface area contributed by atoms with Crippen molar-refractivity contribution in [3.8, 4) is 0 Å². The summed E-state index contributed by atoms with van der Waals surface area (Å²) in [6.07, 6.45) is 0.0405. The molecule has 170 valence electrons. The smallest absolute Gasteiger partial charge is 0.326 e. The van der Waals surface area contributed by atoms with Crippen LogP contribution < -0.4 is 4.80 Å². The quantitative estimate of drug-likeness (QED) is 0.440. The Morgan fingerprint density at radius 1 is 1.12 bits per heavy atom. The van der Waals surface area contributed by atoms with Crippen molar-refractivity contribution in [1.82, 2.24) is 4.57 Å². The van der Waals surface area contributed by atoms with E-state index < -0.39 is 27.5 Å². The standard InChI is InChI=1S/C22H23FN2O5S2/c1-2-30-20(27)14-25-21-17(23)10-6-11-18(21)31-22(25)24-19(26)12-7-13-32(28,29)15-16-8-4-3-5-9-16/h3-6,8-11H,2,7,12-15H2,1H3. The minimum absolute atomic E-state index is 0.0792. The molecule has 0 aliphatic carbocycles. The van der Waals surface area contributed by atoms with E-state index in [2.05, 4.69) is 4.99 Å². The number of amides is 1. The Labute approximate surface area is 189 Å². The van der Waals surface area contributed by atoms with Crippen LogP contribution >= 0.6 is 11.3 Å². The summed E-state index contributed by atoms with van der Waals surface area (Å²) < 4.78 is 45.8. The van der Waals surface area contributed by atoms with Crippen LogP contribution in [0, 0.1) is 5.82 Å². The summed E-state index contributed by atoms with van der Waals surface area (Å²) in [5.74, 6) is -1.88. The third kappa shape index (κ3) is 6.33. The number of rotatable bonds is 9. The van der Waals surface area contributed by atoms with E-state index in [0.29, 0.717) is 10.3 Å². The molecule has 7 nitrogen and oxygen atoms in total. The summed E-state index contributed by atoms with van der Waals surface area (Å²) in [5, 5.41) is 0. The molecule has 3 aromatic rings. The second kappa shape index (κ2) is 10.6. The van der Waals surface area contributed by atoms with Gasteiger partial charge in [-0.15, -0.1) is 0 Å². The zero-order chi connectivity index (χ0) is 23.1. The first-order valence-corrected chi connectivity index (χ1v) is 12.7. The van der Waals surface area contributed by atoms with E-state index in [1.165, 1.54) is 16.7 Å². The summed E-state index contributed by atoms with van der Waals surface area (Å²) in [5.41, 5.74) is 0.860. The number of nitrogens with zero attached hydrogens (tertiary/aromatic N) is 2. The molecule has 0 fully saturated rings. The minimum Gasteiger partial charge on any atom is -0.465 e. The largest absolute Gasteiger partial charge is 0.465 e. The van der Waals surface area contributed by atoms with Crippen LogP contribution in [-0.2, 0) is 36.5 Å². The summed E-state index contributed by atoms with van der Waals surface area (Å²) in [4.78, 5) is 28.6. The van der Waals surface area contributed by atoms with Gasteiger partial charge < -0.3 is 9.30 Å². The molecule has 0 aliphatic rings. The Morgan fingerprint density at radius 2 is 1.88 bits per heavy atom. The number of carbonyl (C=O) groups is 2. The van der Waals surface area contributed by atoms with Crippen molar-refractivity contribution < 1.29 is 27.1 Å². The fraction of sp³-hybridized carbons (Fsp3) is 0.318. The summed E-state index contributed by atoms with van der Waals surface area (Å²) in [6.45, 7) is 1.55. The van der Waals surface area contributed by atoms with Crippen LogP contribution in [0.1, 0.15) is 25.3 Å². The number of thiazole rings is 1. The van der Waals surface area contributed by atoms with Gasteiger partial charge in [-0.25, -0.2) is 12.8 Å². The van der Waals surface area contributed by atoms with Crippen molar-refractivity contribution in [3.63, 3.8) is 0 Å². The highest BCUT2D eigenvalue weighted by atomic mass is 32.2. The molecule has 0 aliphatic heterocycles. The van der Waals surface area contributed by atoms with Crippen molar-refractivity contribution in [3.05, 3.63) is 64.7 Å². The maximum Gasteiger partial charge on any atom is 0.326 e. The number of para-hydroxylation sites is 1. The Kier molecular flexibility index (Phi) is 7.92. The van der Waals surface area contributed by atoms with E-state index in [1.807, 2.05) is 6.07 Å². The number of hydrogen-bond donors (Lipinski definition) is 0. The van der Waals surface area contributed by atoms with Crippen LogP contribution in [0.2, 0.25) is 0 Å². The van der Waals surface area contributed by atoms with E-state index in [4.69, 9.17) is 4.74 Å². The Hall–Kier alpha value is -2.85. The molecule has 0 unspecified atom stereocenters. The Morgan fingerprint density at radius 3 is 2.59 bits per heavy atom. The van der Waals surface area contributed by atoms with Crippen LogP contribution in [-0.4, -0.2) is 37.2 Å². The third-order valence-electron chi connectivity index (χ3n) is 4.54. The van der Waals surface area contributed by atoms with Crippen molar-refractivity contribution in [2.75, 3.05) is 12.4 Å². The van der Waals surface area contributed by atoms with Crippen LogP contribution in [0.25, 0.3) is 10.2 Å². The van der Waals surface area contributed by atoms with Crippen molar-refractivity contribution in [1.29, 1.82) is 0 Å². The monoisotopic (exact) mass is 478 g/mol. The zero-order valence-corrected chi connectivity index (χ0v) is 19.1. The number of fused-ring (bicyclic) bond motifs is 1. The van der Waals surface area contributed by atoms with Crippen molar-refractivity contribution >= 4 is 43.3 Å². The lowest BCUT2D eigenvalue weighted by atomic mass is 10.2. The zero-order valence-electron chi connectivity index (χ0n) is 17.5. The molecule has 0 atom stereocenters. The van der Waals surface area contributed by atoms with Gasteiger partial charge in [0.05, 0.1) is 28.3 Å². The number of halogens is 1. The number of carbonyl (C=O) groups excluding carboxylic acids is 2. The molecule has 0 radical (unpaired) electrons. The van der Waals surface area contributed by atoms with Crippen LogP contribution in [0.5, 0.6) is 0 Å². The normalized spacial score (nSPS) is 12.2. The van der Waals surface area contributed by atoms with Crippen molar-refractivity contribution in [2.45, 2.75) is 32.1 Å². The molecule has 0 spiro atoms. The molecule has 0 saturated carbocycles. The number of ether oxygens (including phenoxy) is 1. The van der Waals surface area contributed by atoms with E-state index in [9.17, 15) is 22.4 Å². The van der Waals surface area contributed by atoms with E-state index >= 15 is 0 Å². The summed E-state index contributed by atoms with van der Waals surface area (Å²) in [6, 6.07) is 13.3. The van der Waals surface area contributed by atoms with Gasteiger partial charge in [-0.2, -0.15) is 4.99 Å². The molecular formula is C22H23FN2O5S2. The predicted octanol–water partition coefficient (Wildman–Crippen LogP) is 3.23. The molecular weight excluding hydrogens is 455 g/mol. The number of hydrogen-bond acceptors (Lipinski definition) is 6. The number of sulfone groups is 1. The highest BCUT2D eigenvalue weighted by molar-refractivity contribution is 7.90. The fourth-order valence-corrected chi connectivity index (χ4v) is 5.65. The molecule has 0 N–H and O–H groups in total. The molecule has 1 heterocycles. The van der Waals surface area contributed by atoms with Crippen LogP contribution in [0.15, 0.2) is 53.5 Å². The first-order chi connectivity index (χ1) is 15.3. The average Bonchev–Trinajstić information content (AvgIpc) is 3.06. The SMILES string of the molecule is CCOC(=O)Cn1c(=NC(=O)CCCS(=O)(=O)Cc2ccccc2)sc2cccc(F)c21. The number of benzene rings is 2. The average molecular weight is 479 g/mol. The van der Waals surface area contributed by atoms with E-state index in [-0.39, 0.29) is 47.8 Å². The highest BCUT2D eigenvalue weighted by Crippen LogP contribution is 2.20. The highest BCUT2D eigenvalue weighted by Gasteiger charge is 2.16. The maximum atomic E-state index is 14.4. The van der Waals surface area contributed by atoms with E-state index in [0.717, 1.165) is 11.3 Å². The maximum absolute atomic E-state index is 14.4. The molecule has 10 heteroatoms. The number of esters is 1. The first kappa shape index (κ1) is 23.8. The fourth-order valence-electron chi connectivity index (χ4n) is 3.16. The van der Waals surface area contributed by atoms with E-state index in [1.54, 1.807) is 37.3 Å². The van der Waals surface area contributed by atoms with Gasteiger partial charge in [-0.05, 0) is 31.0 Å². The van der Waals surface area contributed by atoms with Gasteiger partial charge in [0.25, 0.3) is 0 Å². The van der Waals surface area contributed by atoms with Gasteiger partial charge in [0, 0.05) is 6.42 Å². The lowest BCUT2D eigenvalue weighted by Crippen LogP contribution is -2.23. The third-order valence-corrected chi connectivity index (χ3v) is 7.27. The van der Waals surface area contributed by atoms with Crippen molar-refractivity contribution in [2.24, 2.45) is 4.99 Å². The van der Waals surface area contributed by atoms with Crippen LogP contribution in [0.4, 0.5) is 4.39 Å². The Balaban J connectivity index is 1.74. The number of aromatic nitrogens is 1. The topological polar surface area (TPSA) is 94.8 Å². The molecule has 3 rings (SSSR count). The first-order valence-electron chi connectivity index (χ1n) is 10.0. The van der Waals surface area contributed by atoms with Gasteiger partial charge in [-0.3, -0.25) is 9.59 Å².